The van der Waals surface area contributed by atoms with Crippen LogP contribution in [0.15, 0.2) is 23.0 Å². The Balaban J connectivity index is 1.78. The van der Waals surface area contributed by atoms with Crippen LogP contribution in [0.4, 0.5) is 0 Å². The van der Waals surface area contributed by atoms with Gasteiger partial charge in [0.15, 0.2) is 5.82 Å². The lowest BCUT2D eigenvalue weighted by Gasteiger charge is -2.17. The summed E-state index contributed by atoms with van der Waals surface area (Å²) in [5.74, 6) is 1.19. The van der Waals surface area contributed by atoms with Crippen molar-refractivity contribution < 1.29 is 4.52 Å². The predicted octanol–water partition coefficient (Wildman–Crippen LogP) is 1.04. The molecule has 0 amide bonds. The summed E-state index contributed by atoms with van der Waals surface area (Å²) >= 11 is 0. The summed E-state index contributed by atoms with van der Waals surface area (Å²) in [5.41, 5.74) is 5.88. The summed E-state index contributed by atoms with van der Waals surface area (Å²) in [6.07, 6.45) is 7.73. The number of rotatable bonds is 3. The van der Waals surface area contributed by atoms with Gasteiger partial charge in [-0.3, -0.25) is 4.68 Å². The maximum atomic E-state index is 6.26. The number of nitrogens with zero attached hydrogens (tertiary/aromatic N) is 4. The minimum Gasteiger partial charge on any atom is -0.337 e. The van der Waals surface area contributed by atoms with Crippen LogP contribution < -0.4 is 5.73 Å². The van der Waals surface area contributed by atoms with E-state index in [1.807, 2.05) is 12.3 Å². The molecule has 0 atom stereocenters. The van der Waals surface area contributed by atoms with Gasteiger partial charge in [0.1, 0.15) is 6.54 Å². The molecule has 2 N–H and O–H groups in total. The molecule has 6 nitrogen and oxygen atoms in total. The zero-order chi connectivity index (χ0) is 11.7. The molecule has 1 saturated carbocycles. The van der Waals surface area contributed by atoms with Gasteiger partial charge in [0.05, 0.1) is 5.54 Å². The number of hydrogen-bond acceptors (Lipinski definition) is 5. The van der Waals surface area contributed by atoms with Crippen LogP contribution >= 0.6 is 0 Å². The maximum absolute atomic E-state index is 6.26. The van der Waals surface area contributed by atoms with Gasteiger partial charge in [0.25, 0.3) is 0 Å². The lowest BCUT2D eigenvalue weighted by atomic mass is 9.99. The Morgan fingerprint density at radius 1 is 1.41 bits per heavy atom. The molecular weight excluding hydrogens is 218 g/mol. The van der Waals surface area contributed by atoms with Gasteiger partial charge in [0.2, 0.25) is 5.89 Å². The Morgan fingerprint density at radius 2 is 2.24 bits per heavy atom. The van der Waals surface area contributed by atoms with Gasteiger partial charge in [-0.2, -0.15) is 10.1 Å². The van der Waals surface area contributed by atoms with E-state index < -0.39 is 0 Å². The molecule has 0 aromatic carbocycles. The molecule has 1 aliphatic carbocycles. The molecule has 2 aromatic rings. The van der Waals surface area contributed by atoms with E-state index in [1.54, 1.807) is 10.9 Å². The Hall–Kier alpha value is -1.69. The molecule has 0 saturated heterocycles. The first-order chi connectivity index (χ1) is 8.26. The largest absolute Gasteiger partial charge is 0.337 e. The van der Waals surface area contributed by atoms with Gasteiger partial charge in [-0.25, -0.2) is 0 Å². The van der Waals surface area contributed by atoms with Crippen LogP contribution in [0.1, 0.15) is 37.4 Å². The number of hydrogen-bond donors (Lipinski definition) is 1. The lowest BCUT2D eigenvalue weighted by molar-refractivity contribution is 0.341. The topological polar surface area (TPSA) is 82.8 Å². The van der Waals surface area contributed by atoms with Crippen molar-refractivity contribution in [3.05, 3.63) is 30.2 Å². The highest BCUT2D eigenvalue weighted by Crippen LogP contribution is 2.34. The van der Waals surface area contributed by atoms with Crippen molar-refractivity contribution in [2.24, 2.45) is 5.73 Å². The minimum atomic E-state index is -0.383. The summed E-state index contributed by atoms with van der Waals surface area (Å²) in [6, 6.07) is 1.86. The average Bonchev–Trinajstić information content (AvgIpc) is 3.00. The van der Waals surface area contributed by atoms with Crippen LogP contribution in [0.2, 0.25) is 0 Å². The molecule has 0 unspecified atom stereocenters. The van der Waals surface area contributed by atoms with Crippen molar-refractivity contribution in [1.29, 1.82) is 0 Å². The monoisotopic (exact) mass is 233 g/mol. The molecular formula is C11H15N5O. The van der Waals surface area contributed by atoms with E-state index in [0.717, 1.165) is 25.7 Å². The van der Waals surface area contributed by atoms with E-state index >= 15 is 0 Å². The van der Waals surface area contributed by atoms with Crippen molar-refractivity contribution in [1.82, 2.24) is 19.9 Å². The van der Waals surface area contributed by atoms with E-state index in [1.165, 1.54) is 0 Å². The molecule has 3 rings (SSSR count). The fraction of sp³-hybridized carbons (Fsp3) is 0.545. The van der Waals surface area contributed by atoms with Crippen molar-refractivity contribution in [3.8, 4) is 0 Å². The van der Waals surface area contributed by atoms with Crippen LogP contribution in [-0.4, -0.2) is 19.9 Å². The van der Waals surface area contributed by atoms with E-state index in [0.29, 0.717) is 18.3 Å². The molecule has 90 valence electrons. The Labute approximate surface area is 98.8 Å². The Kier molecular flexibility index (Phi) is 2.44. The van der Waals surface area contributed by atoms with Gasteiger partial charge in [-0.05, 0) is 18.9 Å². The highest BCUT2D eigenvalue weighted by atomic mass is 16.5. The highest BCUT2D eigenvalue weighted by Gasteiger charge is 2.35. The number of nitrogens with two attached hydrogens (primary N) is 1. The highest BCUT2D eigenvalue weighted by molar-refractivity contribution is 5.06. The molecule has 0 spiro atoms. The molecule has 6 heteroatoms. The van der Waals surface area contributed by atoms with Crippen molar-refractivity contribution >= 4 is 0 Å². The Morgan fingerprint density at radius 3 is 2.94 bits per heavy atom. The summed E-state index contributed by atoms with van der Waals surface area (Å²) in [7, 11) is 0. The normalized spacial score (nSPS) is 18.6. The fourth-order valence-electron chi connectivity index (χ4n) is 2.28. The van der Waals surface area contributed by atoms with Crippen LogP contribution in [0.5, 0.6) is 0 Å². The van der Waals surface area contributed by atoms with E-state index in [-0.39, 0.29) is 5.54 Å². The van der Waals surface area contributed by atoms with Gasteiger partial charge in [-0.15, -0.1) is 0 Å². The van der Waals surface area contributed by atoms with Crippen LogP contribution in [0.3, 0.4) is 0 Å². The summed E-state index contributed by atoms with van der Waals surface area (Å²) < 4.78 is 6.96. The third kappa shape index (κ3) is 1.95. The first kappa shape index (κ1) is 10.5. The molecule has 2 heterocycles. The summed E-state index contributed by atoms with van der Waals surface area (Å²) in [4.78, 5) is 4.38. The third-order valence-corrected chi connectivity index (χ3v) is 3.27. The molecule has 1 fully saturated rings. The predicted molar refractivity (Wildman–Crippen MR) is 60.0 cm³/mol. The van der Waals surface area contributed by atoms with Gasteiger partial charge in [-0.1, -0.05) is 18.0 Å². The quantitative estimate of drug-likeness (QED) is 0.856. The second-order valence-electron chi connectivity index (χ2n) is 4.58. The Bertz CT molecular complexity index is 484. The SMILES string of the molecule is NC1(c2noc(Cn3cccn3)n2)CCCC1. The maximum Gasteiger partial charge on any atom is 0.248 e. The van der Waals surface area contributed by atoms with E-state index in [9.17, 15) is 0 Å². The van der Waals surface area contributed by atoms with Crippen LogP contribution in [-0.2, 0) is 12.1 Å². The van der Waals surface area contributed by atoms with Crippen molar-refractivity contribution in [2.45, 2.75) is 37.8 Å². The van der Waals surface area contributed by atoms with Gasteiger partial charge in [0, 0.05) is 12.4 Å². The lowest BCUT2D eigenvalue weighted by Crippen LogP contribution is -2.34. The average molecular weight is 233 g/mol. The fourth-order valence-corrected chi connectivity index (χ4v) is 2.28. The second-order valence-corrected chi connectivity index (χ2v) is 4.58. The minimum absolute atomic E-state index is 0.383. The van der Waals surface area contributed by atoms with Crippen molar-refractivity contribution in [3.63, 3.8) is 0 Å². The first-order valence-electron chi connectivity index (χ1n) is 5.86. The third-order valence-electron chi connectivity index (χ3n) is 3.27. The van der Waals surface area contributed by atoms with E-state index in [4.69, 9.17) is 10.3 Å². The zero-order valence-corrected chi connectivity index (χ0v) is 9.54. The standard InChI is InChI=1S/C11H15N5O/c12-11(4-1-2-5-11)10-14-9(17-15-10)8-16-7-3-6-13-16/h3,6-7H,1-2,4-5,8,12H2. The molecule has 17 heavy (non-hydrogen) atoms. The molecule has 0 aliphatic heterocycles. The van der Waals surface area contributed by atoms with Gasteiger partial charge < -0.3 is 10.3 Å². The first-order valence-corrected chi connectivity index (χ1v) is 5.86. The van der Waals surface area contributed by atoms with Crippen molar-refractivity contribution in [2.75, 3.05) is 0 Å². The van der Waals surface area contributed by atoms with E-state index in [2.05, 4.69) is 15.2 Å². The second kappa shape index (κ2) is 3.96. The zero-order valence-electron chi connectivity index (χ0n) is 9.54. The molecule has 2 aromatic heterocycles. The molecule has 0 bridgehead atoms. The van der Waals surface area contributed by atoms with Crippen LogP contribution in [0, 0.1) is 0 Å². The van der Waals surface area contributed by atoms with Crippen LogP contribution in [0.25, 0.3) is 0 Å². The molecule has 0 radical (unpaired) electrons. The van der Waals surface area contributed by atoms with Gasteiger partial charge >= 0.3 is 0 Å². The summed E-state index contributed by atoms with van der Waals surface area (Å²) in [5, 5.41) is 8.09. The number of aromatic nitrogens is 4. The molecule has 1 aliphatic rings. The smallest absolute Gasteiger partial charge is 0.248 e. The summed E-state index contributed by atoms with van der Waals surface area (Å²) in [6.45, 7) is 0.496.